The number of fused-ring (bicyclic) bond motifs is 2. The standard InChI is InChI=1S/C41H42Cl2N4O4/c1-49-26-18-46(19-26)32-12-10-23-14-25(16-34(50-2)36(23)32)27-6-4-7-28(38(27)42)29-8-5-9-30(39(29)43)31-15-24-11-13-33(37(24)40(45-31)51-3)47-21-41(22-47)17-35(48)44-20-41/h4-9,14-16,26,32-33H,10-13,17-22H2,1-3H3,(H,44,48)/t32-,33-/m0/s1. The molecular formula is C41H42Cl2N4O4. The first-order valence-electron chi connectivity index (χ1n) is 17.9. The topological polar surface area (TPSA) is 76.2 Å². The molecule has 10 heteroatoms. The maximum Gasteiger partial charge on any atom is 0.220 e. The van der Waals surface area contributed by atoms with Crippen LogP contribution < -0.4 is 14.8 Å². The number of methoxy groups -OCH3 is 3. The molecule has 1 amide bonds. The van der Waals surface area contributed by atoms with E-state index >= 15 is 0 Å². The number of rotatable bonds is 8. The zero-order chi connectivity index (χ0) is 35.0. The van der Waals surface area contributed by atoms with Crippen molar-refractivity contribution < 1.29 is 19.0 Å². The number of carbonyl (C=O) groups is 1. The summed E-state index contributed by atoms with van der Waals surface area (Å²) < 4.78 is 17.5. The van der Waals surface area contributed by atoms with Gasteiger partial charge in [0.2, 0.25) is 11.8 Å². The maximum atomic E-state index is 11.9. The van der Waals surface area contributed by atoms with Crippen molar-refractivity contribution in [1.29, 1.82) is 0 Å². The Balaban J connectivity index is 1.02. The second-order valence-electron chi connectivity index (χ2n) is 15.0. The first-order valence-corrected chi connectivity index (χ1v) is 18.7. The Morgan fingerprint density at radius 1 is 0.804 bits per heavy atom. The molecular weight excluding hydrogens is 683 g/mol. The zero-order valence-electron chi connectivity index (χ0n) is 29.2. The molecule has 3 aromatic carbocycles. The van der Waals surface area contributed by atoms with Crippen LogP contribution in [0.15, 0.2) is 54.6 Å². The second-order valence-corrected chi connectivity index (χ2v) is 15.7. The predicted octanol–water partition coefficient (Wildman–Crippen LogP) is 7.53. The Morgan fingerprint density at radius 3 is 2.10 bits per heavy atom. The summed E-state index contributed by atoms with van der Waals surface area (Å²) in [5.74, 6) is 1.72. The molecule has 2 atom stereocenters. The summed E-state index contributed by atoms with van der Waals surface area (Å²) >= 11 is 14.6. The zero-order valence-corrected chi connectivity index (χ0v) is 30.7. The van der Waals surface area contributed by atoms with Crippen LogP contribution in [-0.2, 0) is 22.4 Å². The molecule has 3 saturated heterocycles. The highest BCUT2D eigenvalue weighted by Gasteiger charge is 2.51. The van der Waals surface area contributed by atoms with Crippen LogP contribution in [0.2, 0.25) is 10.0 Å². The van der Waals surface area contributed by atoms with E-state index in [1.54, 1.807) is 21.3 Å². The number of hydrogen-bond donors (Lipinski definition) is 1. The molecule has 9 rings (SSSR count). The number of halogens is 2. The third kappa shape index (κ3) is 5.45. The molecule has 264 valence electrons. The highest BCUT2D eigenvalue weighted by molar-refractivity contribution is 6.39. The van der Waals surface area contributed by atoms with Crippen LogP contribution in [0, 0.1) is 5.41 Å². The third-order valence-electron chi connectivity index (χ3n) is 12.0. The van der Waals surface area contributed by atoms with Gasteiger partial charge < -0.3 is 19.5 Å². The summed E-state index contributed by atoms with van der Waals surface area (Å²) in [6.07, 6.45) is 4.95. The normalized spacial score (nSPS) is 22.4. The molecule has 3 fully saturated rings. The van der Waals surface area contributed by atoms with E-state index < -0.39 is 0 Å². The van der Waals surface area contributed by atoms with Crippen LogP contribution in [0.3, 0.4) is 0 Å². The van der Waals surface area contributed by atoms with E-state index in [9.17, 15) is 4.79 Å². The Morgan fingerprint density at radius 2 is 1.45 bits per heavy atom. The van der Waals surface area contributed by atoms with Crippen molar-refractivity contribution in [3.63, 3.8) is 0 Å². The van der Waals surface area contributed by atoms with Gasteiger partial charge in [-0.25, -0.2) is 4.98 Å². The fourth-order valence-electron chi connectivity index (χ4n) is 9.42. The Bertz CT molecular complexity index is 2060. The summed E-state index contributed by atoms with van der Waals surface area (Å²) in [6, 6.07) is 19.4. The average molecular weight is 726 g/mol. The molecule has 5 aliphatic rings. The van der Waals surface area contributed by atoms with Gasteiger partial charge >= 0.3 is 0 Å². The van der Waals surface area contributed by atoms with Crippen molar-refractivity contribution in [2.24, 2.45) is 5.41 Å². The second kappa shape index (κ2) is 12.8. The predicted molar refractivity (Wildman–Crippen MR) is 200 cm³/mol. The molecule has 1 N–H and O–H groups in total. The Kier molecular flexibility index (Phi) is 8.32. The number of benzene rings is 3. The van der Waals surface area contributed by atoms with Crippen molar-refractivity contribution in [1.82, 2.24) is 20.1 Å². The lowest BCUT2D eigenvalue weighted by molar-refractivity contribution is -0.121. The van der Waals surface area contributed by atoms with Crippen molar-refractivity contribution in [3.05, 3.63) is 86.9 Å². The fraction of sp³-hybridized carbons (Fsp3) is 0.415. The molecule has 4 heterocycles. The Labute approximate surface area is 309 Å². The van der Waals surface area contributed by atoms with Crippen LogP contribution in [0.5, 0.6) is 11.6 Å². The highest BCUT2D eigenvalue weighted by atomic mass is 35.5. The number of pyridine rings is 1. The van der Waals surface area contributed by atoms with E-state index in [0.717, 1.165) is 103 Å². The van der Waals surface area contributed by atoms with E-state index in [2.05, 4.69) is 39.4 Å². The highest BCUT2D eigenvalue weighted by Crippen LogP contribution is 2.51. The summed E-state index contributed by atoms with van der Waals surface area (Å²) in [6.45, 7) is 4.51. The van der Waals surface area contributed by atoms with E-state index in [1.807, 2.05) is 30.3 Å². The van der Waals surface area contributed by atoms with E-state index in [-0.39, 0.29) is 17.4 Å². The number of nitrogens with one attached hydrogen (secondary N) is 1. The van der Waals surface area contributed by atoms with Crippen LogP contribution in [0.4, 0.5) is 0 Å². The molecule has 0 radical (unpaired) electrons. The minimum Gasteiger partial charge on any atom is -0.496 e. The molecule has 2 aliphatic carbocycles. The maximum absolute atomic E-state index is 11.9. The van der Waals surface area contributed by atoms with E-state index in [0.29, 0.717) is 34.5 Å². The minimum atomic E-state index is 0.0747. The van der Waals surface area contributed by atoms with Crippen molar-refractivity contribution in [2.75, 3.05) is 54.1 Å². The molecule has 4 aromatic rings. The summed E-state index contributed by atoms with van der Waals surface area (Å²) in [5, 5.41) is 4.26. The SMILES string of the molecule is COc1cc(-c2cccc(-c3cccc(-c4cc5c(c(OC)n4)[C@@H](N4CC6(CNC(=O)C6)C4)CC5)c3Cl)c2Cl)cc2c1[C@@H](N1CC(OC)C1)CC2. The summed E-state index contributed by atoms with van der Waals surface area (Å²) in [4.78, 5) is 21.9. The third-order valence-corrected chi connectivity index (χ3v) is 12.8. The molecule has 0 bridgehead atoms. The first-order chi connectivity index (χ1) is 24.8. The van der Waals surface area contributed by atoms with Crippen LogP contribution in [0.25, 0.3) is 33.5 Å². The van der Waals surface area contributed by atoms with E-state index in [4.69, 9.17) is 42.4 Å². The lowest BCUT2D eigenvalue weighted by atomic mass is 9.77. The molecule has 1 aromatic heterocycles. The van der Waals surface area contributed by atoms with Gasteiger partial charge in [-0.2, -0.15) is 0 Å². The van der Waals surface area contributed by atoms with Gasteiger partial charge in [-0.15, -0.1) is 0 Å². The molecule has 8 nitrogen and oxygen atoms in total. The number of likely N-dealkylation sites (tertiary alicyclic amines) is 2. The van der Waals surface area contributed by atoms with Crippen LogP contribution in [-0.4, -0.2) is 80.8 Å². The minimum absolute atomic E-state index is 0.0747. The molecule has 0 unspecified atom stereocenters. The van der Waals surface area contributed by atoms with Gasteiger partial charge in [0.15, 0.2) is 0 Å². The van der Waals surface area contributed by atoms with Gasteiger partial charge in [-0.3, -0.25) is 14.6 Å². The molecule has 3 aliphatic heterocycles. The fourth-order valence-corrected chi connectivity index (χ4v) is 10.1. The van der Waals surface area contributed by atoms with Gasteiger partial charge in [-0.1, -0.05) is 65.7 Å². The quantitative estimate of drug-likeness (QED) is 0.201. The number of aromatic nitrogens is 1. The average Bonchev–Trinajstić information content (AvgIpc) is 3.84. The van der Waals surface area contributed by atoms with Crippen molar-refractivity contribution >= 4 is 29.1 Å². The van der Waals surface area contributed by atoms with Crippen molar-refractivity contribution in [3.8, 4) is 45.1 Å². The largest absolute Gasteiger partial charge is 0.496 e. The lowest BCUT2D eigenvalue weighted by Crippen LogP contribution is -2.58. The molecule has 0 saturated carbocycles. The first kappa shape index (κ1) is 33.2. The smallest absolute Gasteiger partial charge is 0.220 e. The summed E-state index contributed by atoms with van der Waals surface area (Å²) in [7, 11) is 5.24. The molecule has 1 spiro atoms. The van der Waals surface area contributed by atoms with Gasteiger partial charge in [0.25, 0.3) is 0 Å². The lowest BCUT2D eigenvalue weighted by Gasteiger charge is -2.50. The van der Waals surface area contributed by atoms with Crippen LogP contribution in [0.1, 0.15) is 53.6 Å². The molecule has 51 heavy (non-hydrogen) atoms. The number of carbonyl (C=O) groups excluding carboxylic acids is 1. The van der Waals surface area contributed by atoms with Crippen LogP contribution >= 0.6 is 23.2 Å². The summed E-state index contributed by atoms with van der Waals surface area (Å²) in [5.41, 5.74) is 10.4. The van der Waals surface area contributed by atoms with E-state index in [1.165, 1.54) is 16.7 Å². The monoisotopic (exact) mass is 724 g/mol. The Hall–Kier alpha value is -3.66. The van der Waals surface area contributed by atoms with Gasteiger partial charge in [0.05, 0.1) is 36.1 Å². The number of aryl methyl sites for hydroxylation is 2. The number of amides is 1. The number of ether oxygens (including phenoxy) is 3. The van der Waals surface area contributed by atoms with Gasteiger partial charge in [0, 0.05) is 97.1 Å². The van der Waals surface area contributed by atoms with Gasteiger partial charge in [-0.05, 0) is 54.5 Å². The number of nitrogens with zero attached hydrogens (tertiary/aromatic N) is 3. The number of hydrogen-bond acceptors (Lipinski definition) is 7. The van der Waals surface area contributed by atoms with Crippen molar-refractivity contribution in [2.45, 2.75) is 50.3 Å². The van der Waals surface area contributed by atoms with Gasteiger partial charge in [0.1, 0.15) is 5.75 Å².